The third-order valence-electron chi connectivity index (χ3n) is 5.31. The average molecular weight is 322 g/mol. The quantitative estimate of drug-likeness (QED) is 0.529. The molecule has 1 unspecified atom stereocenters. The van der Waals surface area contributed by atoms with E-state index in [2.05, 4.69) is 26.0 Å². The summed E-state index contributed by atoms with van der Waals surface area (Å²) in [4.78, 5) is 11.8. The van der Waals surface area contributed by atoms with E-state index in [1.165, 1.54) is 31.2 Å². The van der Waals surface area contributed by atoms with Crippen LogP contribution in [0.3, 0.4) is 0 Å². The van der Waals surface area contributed by atoms with Crippen LogP contribution in [0.15, 0.2) is 30.3 Å². The van der Waals surface area contributed by atoms with Gasteiger partial charge in [0.25, 0.3) is 0 Å². The van der Waals surface area contributed by atoms with Gasteiger partial charge >= 0.3 is 5.97 Å². The van der Waals surface area contributed by atoms with Crippen molar-refractivity contribution in [2.24, 2.45) is 10.8 Å². The Labute approximate surface area is 142 Å². The summed E-state index contributed by atoms with van der Waals surface area (Å²) < 4.78 is 0. The maximum atomic E-state index is 11.8. The highest BCUT2D eigenvalue weighted by atomic mass is 16.4. The minimum Gasteiger partial charge on any atom is -0.481 e. The van der Waals surface area contributed by atoms with Crippen LogP contribution in [0, 0.1) is 10.8 Å². The lowest BCUT2D eigenvalue weighted by molar-refractivity contribution is -0.155. The fourth-order valence-electron chi connectivity index (χ4n) is 3.05. The van der Waals surface area contributed by atoms with E-state index < -0.39 is 11.4 Å². The molecule has 1 rings (SSSR count). The van der Waals surface area contributed by atoms with Crippen molar-refractivity contribution < 1.29 is 9.90 Å². The minimum absolute atomic E-state index is 0. The molecule has 3 nitrogen and oxygen atoms in total. The Morgan fingerprint density at radius 3 is 2.09 bits per heavy atom. The Morgan fingerprint density at radius 2 is 1.57 bits per heavy atom. The SMILES string of the molecule is CCCCCCCC(C)(Cc1ccccc1)C(C)(C)C(=O)O.N. The molecule has 0 saturated heterocycles. The first kappa shape index (κ1) is 21.6. The van der Waals surface area contributed by atoms with Gasteiger partial charge in [0.1, 0.15) is 0 Å². The van der Waals surface area contributed by atoms with Crippen molar-refractivity contribution in [1.82, 2.24) is 6.15 Å². The highest BCUT2D eigenvalue weighted by molar-refractivity contribution is 5.74. The van der Waals surface area contributed by atoms with Crippen LogP contribution in [0.25, 0.3) is 0 Å². The van der Waals surface area contributed by atoms with Crippen LogP contribution in [0.4, 0.5) is 0 Å². The molecule has 4 N–H and O–H groups in total. The molecule has 23 heavy (non-hydrogen) atoms. The second-order valence-corrected chi connectivity index (χ2v) is 7.32. The van der Waals surface area contributed by atoms with Gasteiger partial charge in [-0.3, -0.25) is 4.79 Å². The molecule has 3 heteroatoms. The molecule has 0 aliphatic heterocycles. The number of carboxylic acid groups (broad SMARTS) is 1. The summed E-state index contributed by atoms with van der Waals surface area (Å²) in [7, 11) is 0. The van der Waals surface area contributed by atoms with Crippen LogP contribution in [-0.2, 0) is 11.2 Å². The molecule has 0 heterocycles. The molecule has 132 valence electrons. The first-order valence-electron chi connectivity index (χ1n) is 8.61. The van der Waals surface area contributed by atoms with E-state index in [4.69, 9.17) is 0 Å². The van der Waals surface area contributed by atoms with E-state index >= 15 is 0 Å². The number of hydrogen-bond acceptors (Lipinski definition) is 2. The lowest BCUT2D eigenvalue weighted by Crippen LogP contribution is -2.43. The maximum absolute atomic E-state index is 11.8. The van der Waals surface area contributed by atoms with Crippen LogP contribution in [0.5, 0.6) is 0 Å². The van der Waals surface area contributed by atoms with Crippen molar-refractivity contribution >= 4 is 5.97 Å². The van der Waals surface area contributed by atoms with Gasteiger partial charge in [-0.05, 0) is 37.7 Å². The minimum atomic E-state index is -0.729. The standard InChI is InChI=1S/C20H32O2.H3N/c1-5-6-7-8-12-15-20(4,19(2,3)18(21)22)16-17-13-10-9-11-14-17;/h9-11,13-14H,5-8,12,15-16H2,1-4H3,(H,21,22);1H3. The molecule has 0 aliphatic carbocycles. The molecule has 0 radical (unpaired) electrons. The summed E-state index contributed by atoms with van der Waals surface area (Å²) in [5.74, 6) is -0.695. The lowest BCUT2D eigenvalue weighted by atomic mass is 9.61. The van der Waals surface area contributed by atoms with E-state index in [1.54, 1.807) is 0 Å². The second kappa shape index (κ2) is 9.71. The maximum Gasteiger partial charge on any atom is 0.309 e. The van der Waals surface area contributed by atoms with Gasteiger partial charge in [-0.25, -0.2) is 0 Å². The Bertz CT molecular complexity index is 456. The molecule has 1 aromatic rings. The van der Waals surface area contributed by atoms with E-state index in [0.29, 0.717) is 0 Å². The first-order valence-corrected chi connectivity index (χ1v) is 8.61. The predicted molar refractivity (Wildman–Crippen MR) is 98.1 cm³/mol. The van der Waals surface area contributed by atoms with Gasteiger partial charge in [0, 0.05) is 0 Å². The summed E-state index contributed by atoms with van der Waals surface area (Å²) in [5.41, 5.74) is 0.271. The number of carboxylic acids is 1. The Hall–Kier alpha value is -1.35. The van der Waals surface area contributed by atoms with Crippen molar-refractivity contribution in [2.45, 2.75) is 72.6 Å². The van der Waals surface area contributed by atoms with Crippen LogP contribution in [-0.4, -0.2) is 11.1 Å². The Morgan fingerprint density at radius 1 is 1.00 bits per heavy atom. The van der Waals surface area contributed by atoms with Gasteiger partial charge in [0.05, 0.1) is 5.41 Å². The fourth-order valence-corrected chi connectivity index (χ4v) is 3.05. The zero-order valence-electron chi connectivity index (χ0n) is 15.4. The molecule has 0 saturated carbocycles. The second-order valence-electron chi connectivity index (χ2n) is 7.32. The van der Waals surface area contributed by atoms with E-state index in [1.807, 2.05) is 32.0 Å². The van der Waals surface area contributed by atoms with Crippen molar-refractivity contribution in [3.8, 4) is 0 Å². The van der Waals surface area contributed by atoms with E-state index in [9.17, 15) is 9.90 Å². The highest BCUT2D eigenvalue weighted by Gasteiger charge is 2.46. The summed E-state index contributed by atoms with van der Waals surface area (Å²) in [5, 5.41) is 9.70. The summed E-state index contributed by atoms with van der Waals surface area (Å²) in [6.45, 7) is 8.12. The molecular weight excluding hydrogens is 286 g/mol. The van der Waals surface area contributed by atoms with Crippen LogP contribution >= 0.6 is 0 Å². The Kier molecular flexibility index (Phi) is 9.14. The normalized spacial score (nSPS) is 13.9. The average Bonchev–Trinajstić information content (AvgIpc) is 2.47. The predicted octanol–water partition coefficient (Wildman–Crippen LogP) is 5.87. The summed E-state index contributed by atoms with van der Waals surface area (Å²) in [6, 6.07) is 10.3. The molecule has 0 amide bonds. The third-order valence-corrected chi connectivity index (χ3v) is 5.31. The smallest absolute Gasteiger partial charge is 0.309 e. The zero-order chi connectivity index (χ0) is 16.6. The number of unbranched alkanes of at least 4 members (excludes halogenated alkanes) is 4. The van der Waals surface area contributed by atoms with Crippen molar-refractivity contribution in [3.63, 3.8) is 0 Å². The van der Waals surface area contributed by atoms with Gasteiger partial charge < -0.3 is 11.3 Å². The molecule has 1 atom stereocenters. The van der Waals surface area contributed by atoms with E-state index in [0.717, 1.165) is 19.3 Å². The van der Waals surface area contributed by atoms with Gasteiger partial charge in [-0.2, -0.15) is 0 Å². The molecule has 1 aromatic carbocycles. The molecule has 0 spiro atoms. The topological polar surface area (TPSA) is 72.3 Å². The van der Waals surface area contributed by atoms with Crippen molar-refractivity contribution in [3.05, 3.63) is 35.9 Å². The van der Waals surface area contributed by atoms with Crippen LogP contribution < -0.4 is 6.15 Å². The van der Waals surface area contributed by atoms with Crippen molar-refractivity contribution in [2.75, 3.05) is 0 Å². The molecule has 0 aliphatic rings. The summed E-state index contributed by atoms with van der Waals surface area (Å²) in [6.07, 6.45) is 7.87. The molecule has 0 aromatic heterocycles. The number of benzene rings is 1. The largest absolute Gasteiger partial charge is 0.481 e. The molecular formula is C20H35NO2. The third kappa shape index (κ3) is 5.98. The van der Waals surface area contributed by atoms with Gasteiger partial charge in [-0.1, -0.05) is 76.3 Å². The summed E-state index contributed by atoms with van der Waals surface area (Å²) >= 11 is 0. The first-order chi connectivity index (χ1) is 10.3. The number of carbonyl (C=O) groups is 1. The van der Waals surface area contributed by atoms with Gasteiger partial charge in [0.2, 0.25) is 0 Å². The zero-order valence-corrected chi connectivity index (χ0v) is 15.4. The number of hydrogen-bond donors (Lipinski definition) is 2. The fraction of sp³-hybridized carbons (Fsp3) is 0.650. The molecule has 0 fully saturated rings. The number of rotatable bonds is 10. The van der Waals surface area contributed by atoms with E-state index in [-0.39, 0.29) is 11.6 Å². The van der Waals surface area contributed by atoms with Crippen molar-refractivity contribution in [1.29, 1.82) is 0 Å². The number of aliphatic carboxylic acids is 1. The van der Waals surface area contributed by atoms with Crippen LogP contribution in [0.1, 0.15) is 71.8 Å². The lowest BCUT2D eigenvalue weighted by Gasteiger charge is -2.42. The highest BCUT2D eigenvalue weighted by Crippen LogP contribution is 2.45. The molecule has 0 bridgehead atoms. The van der Waals surface area contributed by atoms with Crippen LogP contribution in [0.2, 0.25) is 0 Å². The van der Waals surface area contributed by atoms with Gasteiger partial charge in [-0.15, -0.1) is 0 Å². The van der Waals surface area contributed by atoms with Gasteiger partial charge in [0.15, 0.2) is 0 Å². The Balaban J connectivity index is 0.00000484. The monoisotopic (exact) mass is 321 g/mol.